The van der Waals surface area contributed by atoms with Crippen LogP contribution in [0.15, 0.2) is 22.9 Å². The number of ether oxygens (including phenoxy) is 3. The van der Waals surface area contributed by atoms with E-state index in [0.717, 1.165) is 0 Å². The Balaban J connectivity index is 3.40. The van der Waals surface area contributed by atoms with E-state index in [4.69, 9.17) is 19.5 Å². The quantitative estimate of drug-likeness (QED) is 0.456. The van der Waals surface area contributed by atoms with Crippen molar-refractivity contribution in [2.45, 2.75) is 39.7 Å². The zero-order chi connectivity index (χ0) is 17.1. The first kappa shape index (κ1) is 18.0. The van der Waals surface area contributed by atoms with E-state index in [-0.39, 0.29) is 28.8 Å². The summed E-state index contributed by atoms with van der Waals surface area (Å²) in [6, 6.07) is 0. The van der Waals surface area contributed by atoms with Crippen molar-refractivity contribution in [2.24, 2.45) is 5.92 Å². The summed E-state index contributed by atoms with van der Waals surface area (Å²) in [5.41, 5.74) is -1.56. The summed E-state index contributed by atoms with van der Waals surface area (Å²) in [6.45, 7) is 6.41. The molecule has 0 bridgehead atoms. The molecule has 1 aliphatic carbocycles. The van der Waals surface area contributed by atoms with Crippen LogP contribution in [-0.2, 0) is 28.7 Å². The average molecular weight is 314 g/mol. The van der Waals surface area contributed by atoms with Crippen LogP contribution in [0, 0.1) is 5.92 Å². The molecule has 22 heavy (non-hydrogen) atoms. The number of carbonyl (C=O) groups excluding carboxylic acids is 2. The molecular weight excluding hydrogens is 292 g/mol. The van der Waals surface area contributed by atoms with Gasteiger partial charge in [-0.15, -0.1) is 0 Å². The third kappa shape index (κ3) is 2.81. The number of ketones is 1. The van der Waals surface area contributed by atoms with Gasteiger partial charge in [0.25, 0.3) is 0 Å². The Hall–Kier alpha value is -2.02. The molecule has 124 valence electrons. The summed E-state index contributed by atoms with van der Waals surface area (Å²) < 4.78 is 15.6. The van der Waals surface area contributed by atoms with Gasteiger partial charge < -0.3 is 19.1 Å². The number of rotatable bonds is 6. The predicted octanol–water partition coefficient (Wildman–Crippen LogP) is 2.19. The lowest BCUT2D eigenvalue weighted by atomic mass is 9.86. The topological polar surface area (TPSA) is 91.3 Å². The lowest BCUT2D eigenvalue weighted by Crippen LogP contribution is -2.47. The second kappa shape index (κ2) is 6.83. The Morgan fingerprint density at radius 2 is 1.86 bits per heavy atom. The number of esters is 1. The van der Waals surface area contributed by atoms with Gasteiger partial charge in [-0.05, 0) is 20.3 Å². The van der Waals surface area contributed by atoms with Crippen LogP contribution in [-0.4, -0.2) is 36.8 Å². The minimum absolute atomic E-state index is 0.0291. The van der Waals surface area contributed by atoms with Crippen LogP contribution in [0.1, 0.15) is 34.1 Å². The van der Waals surface area contributed by atoms with E-state index in [2.05, 4.69) is 4.89 Å². The standard InChI is InChI=1S/C15H22O7/c1-7-8(2)14(17)21-15(4)12(16)9(3)10(19-5)11(22-18)13(15)20-6/h8,18H,7H2,1-6H3/t8-,15+/m0/s1. The van der Waals surface area contributed by atoms with Gasteiger partial charge in [0.15, 0.2) is 11.5 Å². The molecule has 0 spiro atoms. The van der Waals surface area contributed by atoms with Crippen molar-refractivity contribution in [3.05, 3.63) is 22.9 Å². The molecule has 0 aliphatic heterocycles. The van der Waals surface area contributed by atoms with Gasteiger partial charge in [-0.25, -0.2) is 5.26 Å². The largest absolute Gasteiger partial charge is 0.493 e. The molecule has 0 aromatic heterocycles. The van der Waals surface area contributed by atoms with Gasteiger partial charge in [0.05, 0.1) is 20.1 Å². The Morgan fingerprint density at radius 3 is 2.27 bits per heavy atom. The second-order valence-electron chi connectivity index (χ2n) is 5.20. The van der Waals surface area contributed by atoms with Crippen LogP contribution < -0.4 is 0 Å². The maximum absolute atomic E-state index is 12.6. The molecule has 0 saturated heterocycles. The third-order valence-corrected chi connectivity index (χ3v) is 3.78. The molecule has 2 atom stereocenters. The van der Waals surface area contributed by atoms with Gasteiger partial charge in [-0.2, -0.15) is 0 Å². The Bertz CT molecular complexity index is 532. The Morgan fingerprint density at radius 1 is 1.27 bits per heavy atom. The van der Waals surface area contributed by atoms with Crippen molar-refractivity contribution < 1.29 is 33.9 Å². The molecule has 0 unspecified atom stereocenters. The van der Waals surface area contributed by atoms with Crippen LogP contribution >= 0.6 is 0 Å². The van der Waals surface area contributed by atoms with Gasteiger partial charge in [0.2, 0.25) is 17.1 Å². The number of hydrogen-bond acceptors (Lipinski definition) is 7. The number of hydrogen-bond donors (Lipinski definition) is 1. The Labute approximate surface area is 129 Å². The first-order chi connectivity index (χ1) is 10.3. The monoisotopic (exact) mass is 314 g/mol. The average Bonchev–Trinajstić information content (AvgIpc) is 2.51. The normalized spacial score (nSPS) is 23.3. The first-order valence-corrected chi connectivity index (χ1v) is 6.91. The minimum Gasteiger partial charge on any atom is -0.493 e. The van der Waals surface area contributed by atoms with Crippen molar-refractivity contribution in [1.29, 1.82) is 0 Å². The van der Waals surface area contributed by atoms with Crippen LogP contribution in [0.3, 0.4) is 0 Å². The number of methoxy groups -OCH3 is 2. The minimum atomic E-state index is -1.72. The smallest absolute Gasteiger partial charge is 0.310 e. The lowest BCUT2D eigenvalue weighted by Gasteiger charge is -2.34. The molecule has 0 aromatic rings. The number of carbonyl (C=O) groups is 2. The summed E-state index contributed by atoms with van der Waals surface area (Å²) in [6.07, 6.45) is 0.566. The fraction of sp³-hybridized carbons (Fsp3) is 0.600. The van der Waals surface area contributed by atoms with E-state index in [0.29, 0.717) is 6.42 Å². The van der Waals surface area contributed by atoms with Gasteiger partial charge in [-0.1, -0.05) is 13.8 Å². The summed E-state index contributed by atoms with van der Waals surface area (Å²) in [5, 5.41) is 9.12. The maximum Gasteiger partial charge on any atom is 0.310 e. The molecule has 1 aliphatic rings. The maximum atomic E-state index is 12.6. The molecule has 1 rings (SSSR count). The fourth-order valence-electron chi connectivity index (χ4n) is 2.23. The fourth-order valence-corrected chi connectivity index (χ4v) is 2.23. The highest BCUT2D eigenvalue weighted by Crippen LogP contribution is 2.38. The van der Waals surface area contributed by atoms with Gasteiger partial charge in [0.1, 0.15) is 0 Å². The summed E-state index contributed by atoms with van der Waals surface area (Å²) in [5.74, 6) is -1.71. The zero-order valence-electron chi connectivity index (χ0n) is 13.7. The highest BCUT2D eigenvalue weighted by molar-refractivity contribution is 6.06. The van der Waals surface area contributed by atoms with Crippen molar-refractivity contribution in [3.8, 4) is 0 Å². The van der Waals surface area contributed by atoms with E-state index >= 15 is 0 Å². The van der Waals surface area contributed by atoms with E-state index < -0.39 is 17.4 Å². The van der Waals surface area contributed by atoms with Crippen molar-refractivity contribution in [2.75, 3.05) is 14.2 Å². The molecule has 0 saturated carbocycles. The van der Waals surface area contributed by atoms with Crippen LogP contribution in [0.5, 0.6) is 0 Å². The zero-order valence-corrected chi connectivity index (χ0v) is 13.7. The SMILES string of the molecule is CC[C@H](C)C(=O)O[C@]1(C)C(=O)C(C)=C(OC)C(OO)=C1OC. The molecule has 7 heteroatoms. The van der Waals surface area contributed by atoms with Gasteiger partial charge in [-0.3, -0.25) is 9.59 Å². The molecular formula is C15H22O7. The summed E-state index contributed by atoms with van der Waals surface area (Å²) in [7, 11) is 2.61. The van der Waals surface area contributed by atoms with Crippen molar-refractivity contribution in [3.63, 3.8) is 0 Å². The summed E-state index contributed by atoms with van der Waals surface area (Å²) in [4.78, 5) is 29.0. The second-order valence-corrected chi connectivity index (χ2v) is 5.20. The molecule has 1 N–H and O–H groups in total. The lowest BCUT2D eigenvalue weighted by molar-refractivity contribution is -0.212. The van der Waals surface area contributed by atoms with E-state index in [1.54, 1.807) is 6.92 Å². The highest BCUT2D eigenvalue weighted by atomic mass is 17.1. The van der Waals surface area contributed by atoms with E-state index in [1.165, 1.54) is 28.1 Å². The summed E-state index contributed by atoms with van der Waals surface area (Å²) >= 11 is 0. The van der Waals surface area contributed by atoms with Crippen LogP contribution in [0.25, 0.3) is 0 Å². The van der Waals surface area contributed by atoms with Gasteiger partial charge in [0, 0.05) is 5.57 Å². The molecule has 0 heterocycles. The van der Waals surface area contributed by atoms with Crippen LogP contribution in [0.2, 0.25) is 0 Å². The van der Waals surface area contributed by atoms with Crippen LogP contribution in [0.4, 0.5) is 0 Å². The predicted molar refractivity (Wildman–Crippen MR) is 76.4 cm³/mol. The number of Topliss-reactive ketones (excluding diaryl/α,β-unsaturated/α-hetero) is 1. The Kier molecular flexibility index (Phi) is 5.59. The van der Waals surface area contributed by atoms with E-state index in [1.807, 2.05) is 6.92 Å². The first-order valence-electron chi connectivity index (χ1n) is 6.91. The van der Waals surface area contributed by atoms with Crippen molar-refractivity contribution in [1.82, 2.24) is 0 Å². The molecule has 7 nitrogen and oxygen atoms in total. The molecule has 0 amide bonds. The van der Waals surface area contributed by atoms with Crippen molar-refractivity contribution >= 4 is 11.8 Å². The molecule has 0 aromatic carbocycles. The highest BCUT2D eigenvalue weighted by Gasteiger charge is 2.51. The molecule has 0 radical (unpaired) electrons. The third-order valence-electron chi connectivity index (χ3n) is 3.78. The van der Waals surface area contributed by atoms with E-state index in [9.17, 15) is 9.59 Å². The van der Waals surface area contributed by atoms with Gasteiger partial charge >= 0.3 is 5.97 Å². The molecule has 0 fully saturated rings.